The lowest BCUT2D eigenvalue weighted by Gasteiger charge is -2.34. The van der Waals surface area contributed by atoms with Crippen LogP contribution in [0.3, 0.4) is 0 Å². The lowest BCUT2D eigenvalue weighted by molar-refractivity contribution is 0.494. The van der Waals surface area contributed by atoms with Gasteiger partial charge in [0.05, 0.1) is 0 Å². The summed E-state index contributed by atoms with van der Waals surface area (Å²) < 4.78 is 0. The molecule has 0 saturated carbocycles. The Morgan fingerprint density at radius 2 is 0.778 bits per heavy atom. The van der Waals surface area contributed by atoms with Crippen LogP contribution in [-0.4, -0.2) is 0 Å². The normalized spacial score (nSPS) is 16.4. The van der Waals surface area contributed by atoms with Crippen LogP contribution in [-0.2, 0) is 23.7 Å². The Hall–Kier alpha value is -2.34. The molecule has 0 aliphatic heterocycles. The molecule has 2 aliphatic rings. The molecule has 0 spiro atoms. The van der Waals surface area contributed by atoms with Crippen LogP contribution in [0.5, 0.6) is 0 Å². The van der Waals surface area contributed by atoms with Crippen molar-refractivity contribution in [3.8, 4) is 0 Å². The summed E-state index contributed by atoms with van der Waals surface area (Å²) in [5.41, 5.74) is 12.4. The van der Waals surface area contributed by atoms with Crippen LogP contribution in [0, 0.1) is 10.8 Å². The third kappa shape index (κ3) is 4.06. The zero-order valence-electron chi connectivity index (χ0n) is 24.9. The molecule has 0 radical (unpaired) electrons. The highest BCUT2D eigenvalue weighted by Crippen LogP contribution is 2.49. The molecule has 0 nitrogen and oxygen atoms in total. The van der Waals surface area contributed by atoms with E-state index < -0.39 is 0 Å². The van der Waals surface area contributed by atoms with E-state index in [-0.39, 0.29) is 21.7 Å². The van der Waals surface area contributed by atoms with E-state index >= 15 is 0 Å². The molecule has 0 N–H and O–H groups in total. The van der Waals surface area contributed by atoms with E-state index in [0.29, 0.717) is 0 Å². The van der Waals surface area contributed by atoms with Crippen molar-refractivity contribution in [1.29, 1.82) is 0 Å². The minimum Gasteiger partial charge on any atom is -0.0598 e. The molecule has 0 saturated heterocycles. The van der Waals surface area contributed by atoms with E-state index in [4.69, 9.17) is 0 Å². The molecule has 2 aliphatic carbocycles. The number of hydrogen-bond donors (Lipinski definition) is 0. The number of rotatable bonds is 0. The Morgan fingerprint density at radius 1 is 0.444 bits per heavy atom. The van der Waals surface area contributed by atoms with Gasteiger partial charge in [-0.05, 0) is 102 Å². The second kappa shape index (κ2) is 7.59. The summed E-state index contributed by atoms with van der Waals surface area (Å²) in [4.78, 5) is 0. The molecular weight excluding hydrogens is 432 g/mol. The quantitative estimate of drug-likeness (QED) is 0.282. The first-order valence-corrected chi connectivity index (χ1v) is 13.9. The Balaban J connectivity index is 2.04. The Morgan fingerprint density at radius 3 is 1.06 bits per heavy atom. The highest BCUT2D eigenvalue weighted by Gasteiger charge is 2.31. The molecule has 0 unspecified atom stereocenters. The summed E-state index contributed by atoms with van der Waals surface area (Å²) in [5, 5.41) is 5.88. The maximum Gasteiger partial charge on any atom is -0.00520 e. The first-order valence-electron chi connectivity index (χ1n) is 13.9. The number of fused-ring (bicyclic) bond motifs is 2. The average Bonchev–Trinajstić information content (AvgIpc) is 2.73. The van der Waals surface area contributed by atoms with Gasteiger partial charge < -0.3 is 0 Å². The zero-order valence-corrected chi connectivity index (χ0v) is 24.9. The van der Waals surface area contributed by atoms with Crippen molar-refractivity contribution in [2.24, 2.45) is 10.8 Å². The number of benzene rings is 3. The summed E-state index contributed by atoms with van der Waals surface area (Å²) in [5.74, 6) is 0. The fourth-order valence-corrected chi connectivity index (χ4v) is 6.00. The van der Waals surface area contributed by atoms with E-state index in [1.165, 1.54) is 54.9 Å². The summed E-state index contributed by atoms with van der Waals surface area (Å²) in [6.07, 6.45) is 7.21. The number of hydrogen-bond acceptors (Lipinski definition) is 0. The van der Waals surface area contributed by atoms with Gasteiger partial charge >= 0.3 is 0 Å². The predicted octanol–water partition coefficient (Wildman–Crippen LogP) is 10.6. The molecule has 3 aromatic rings. The largest absolute Gasteiger partial charge is 0.0598 e. The van der Waals surface area contributed by atoms with Gasteiger partial charge in [-0.2, -0.15) is 0 Å². The second-order valence-corrected chi connectivity index (χ2v) is 15.6. The van der Waals surface area contributed by atoms with Crippen LogP contribution in [0.15, 0.2) is 35.4 Å². The third-order valence-corrected chi connectivity index (χ3v) is 8.62. The summed E-state index contributed by atoms with van der Waals surface area (Å²) in [6, 6.07) is 10.1. The fourth-order valence-electron chi connectivity index (χ4n) is 6.00. The standard InChI is InChI=1S/C36H46/c1-33(2,3)23-13-21-14-24(34(4,5)6)19-29-30-20-26(36(10,11)12)16-22-15-25(35(7,8)9)18-28(32(22)30)27(17-23)31(21)29/h13,15,17-20H,14,16H2,1-12H3. The molecule has 36 heavy (non-hydrogen) atoms. The molecule has 5 rings (SSSR count). The number of allylic oxidation sites excluding steroid dienone is 2. The van der Waals surface area contributed by atoms with Crippen molar-refractivity contribution in [2.45, 2.75) is 107 Å². The minimum absolute atomic E-state index is 0.111. The molecule has 0 fully saturated rings. The van der Waals surface area contributed by atoms with E-state index in [1.807, 2.05) is 0 Å². The third-order valence-electron chi connectivity index (χ3n) is 8.62. The van der Waals surface area contributed by atoms with Crippen LogP contribution >= 0.6 is 0 Å². The smallest absolute Gasteiger partial charge is 0.00520 e. The van der Waals surface area contributed by atoms with Gasteiger partial charge in [0.15, 0.2) is 0 Å². The van der Waals surface area contributed by atoms with Crippen LogP contribution < -0.4 is 0 Å². The first-order chi connectivity index (χ1) is 16.4. The highest BCUT2D eigenvalue weighted by molar-refractivity contribution is 6.18. The van der Waals surface area contributed by atoms with E-state index in [1.54, 1.807) is 11.1 Å². The van der Waals surface area contributed by atoms with Gasteiger partial charge in [-0.25, -0.2) is 0 Å². The molecule has 0 atom stereocenters. The van der Waals surface area contributed by atoms with Crippen molar-refractivity contribution in [3.05, 3.63) is 68.8 Å². The SMILES string of the molecule is CC(C)(C)C1=Cc2c3c4c(cc(C(C)(C)C)cc4c4cc(C(C)(C)C)cc(c24)C1)CC(C(C)(C)C)=C3. The Bertz CT molecular complexity index is 1360. The van der Waals surface area contributed by atoms with E-state index in [9.17, 15) is 0 Å². The molecule has 0 heterocycles. The van der Waals surface area contributed by atoms with Gasteiger partial charge in [-0.3, -0.25) is 0 Å². The molecule has 0 heteroatoms. The fraction of sp³-hybridized carbons (Fsp3) is 0.500. The predicted molar refractivity (Wildman–Crippen MR) is 161 cm³/mol. The van der Waals surface area contributed by atoms with Crippen molar-refractivity contribution < 1.29 is 0 Å². The maximum absolute atomic E-state index is 2.56. The Labute approximate surface area is 219 Å². The van der Waals surface area contributed by atoms with Gasteiger partial charge in [-0.1, -0.05) is 119 Å². The molecule has 0 aromatic heterocycles. The highest BCUT2D eigenvalue weighted by atomic mass is 14.4. The van der Waals surface area contributed by atoms with Gasteiger partial charge in [0.2, 0.25) is 0 Å². The first kappa shape index (κ1) is 25.3. The van der Waals surface area contributed by atoms with Crippen molar-refractivity contribution in [3.63, 3.8) is 0 Å². The second-order valence-electron chi connectivity index (χ2n) is 15.6. The van der Waals surface area contributed by atoms with Gasteiger partial charge in [0, 0.05) is 0 Å². The minimum atomic E-state index is 0.111. The Kier molecular flexibility index (Phi) is 5.34. The molecule has 0 amide bonds. The molecular formula is C36H46. The van der Waals surface area contributed by atoms with Crippen LogP contribution in [0.4, 0.5) is 0 Å². The molecule has 0 bridgehead atoms. The van der Waals surface area contributed by atoms with Crippen molar-refractivity contribution in [1.82, 2.24) is 0 Å². The average molecular weight is 479 g/mol. The van der Waals surface area contributed by atoms with Crippen molar-refractivity contribution >= 4 is 33.7 Å². The lowest BCUT2D eigenvalue weighted by atomic mass is 9.70. The van der Waals surface area contributed by atoms with Gasteiger partial charge in [0.25, 0.3) is 0 Å². The topological polar surface area (TPSA) is 0 Å². The van der Waals surface area contributed by atoms with Gasteiger partial charge in [0.1, 0.15) is 0 Å². The van der Waals surface area contributed by atoms with Crippen molar-refractivity contribution in [2.75, 3.05) is 0 Å². The van der Waals surface area contributed by atoms with Gasteiger partial charge in [-0.15, -0.1) is 0 Å². The molecule has 3 aromatic carbocycles. The summed E-state index contributed by atoms with van der Waals surface area (Å²) in [6.45, 7) is 28.4. The molecule has 190 valence electrons. The summed E-state index contributed by atoms with van der Waals surface area (Å²) in [7, 11) is 0. The maximum atomic E-state index is 2.56. The van der Waals surface area contributed by atoms with Crippen LogP contribution in [0.1, 0.15) is 116 Å². The zero-order chi connectivity index (χ0) is 26.6. The van der Waals surface area contributed by atoms with E-state index in [0.717, 1.165) is 12.8 Å². The summed E-state index contributed by atoms with van der Waals surface area (Å²) >= 11 is 0. The van der Waals surface area contributed by atoms with E-state index in [2.05, 4.69) is 120 Å². The van der Waals surface area contributed by atoms with Crippen LogP contribution in [0.2, 0.25) is 0 Å². The van der Waals surface area contributed by atoms with Crippen LogP contribution in [0.25, 0.3) is 33.7 Å². The lowest BCUT2D eigenvalue weighted by Crippen LogP contribution is -2.19. The monoisotopic (exact) mass is 478 g/mol.